The van der Waals surface area contributed by atoms with E-state index in [9.17, 15) is 4.39 Å². The smallest absolute Gasteiger partial charge is 0.127 e. The fourth-order valence-electron chi connectivity index (χ4n) is 3.68. The Morgan fingerprint density at radius 3 is 2.63 bits per heavy atom. The van der Waals surface area contributed by atoms with Crippen molar-refractivity contribution in [2.24, 2.45) is 11.7 Å². The summed E-state index contributed by atoms with van der Waals surface area (Å²) in [5.41, 5.74) is 9.21. The minimum Gasteiger partial charge on any atom is -0.327 e. The van der Waals surface area contributed by atoms with Gasteiger partial charge >= 0.3 is 0 Å². The van der Waals surface area contributed by atoms with Crippen LogP contribution < -0.4 is 5.73 Å². The van der Waals surface area contributed by atoms with Gasteiger partial charge in [-0.2, -0.15) is 0 Å². The lowest BCUT2D eigenvalue weighted by atomic mass is 9.72. The molecule has 0 heterocycles. The minimum atomic E-state index is -0.0601. The molecule has 2 rings (SSSR count). The van der Waals surface area contributed by atoms with E-state index in [4.69, 9.17) is 5.73 Å². The molecule has 0 bridgehead atoms. The third-order valence-corrected chi connectivity index (χ3v) is 4.56. The van der Waals surface area contributed by atoms with Crippen LogP contribution >= 0.6 is 0 Å². The molecule has 3 unspecified atom stereocenters. The summed E-state index contributed by atoms with van der Waals surface area (Å²) in [6.07, 6.45) is 5.74. The zero-order valence-corrected chi connectivity index (χ0v) is 12.4. The lowest BCUT2D eigenvalue weighted by Gasteiger charge is -2.35. The van der Waals surface area contributed by atoms with Crippen LogP contribution in [0.15, 0.2) is 12.1 Å². The summed E-state index contributed by atoms with van der Waals surface area (Å²) < 4.78 is 14.3. The van der Waals surface area contributed by atoms with Gasteiger partial charge < -0.3 is 5.73 Å². The fraction of sp³-hybridized carbons (Fsp3) is 0.647. The van der Waals surface area contributed by atoms with E-state index < -0.39 is 0 Å². The molecule has 3 atom stereocenters. The van der Waals surface area contributed by atoms with Crippen molar-refractivity contribution in [3.8, 4) is 0 Å². The lowest BCUT2D eigenvalue weighted by Crippen LogP contribution is -2.35. The normalized spacial score (nSPS) is 27.5. The number of hydrogen-bond donors (Lipinski definition) is 1. The van der Waals surface area contributed by atoms with Crippen molar-refractivity contribution in [1.82, 2.24) is 0 Å². The Kier molecular flexibility index (Phi) is 4.62. The van der Waals surface area contributed by atoms with Crippen molar-refractivity contribution in [2.45, 2.75) is 64.8 Å². The molecule has 1 aliphatic carbocycles. The summed E-state index contributed by atoms with van der Waals surface area (Å²) in [6.45, 7) is 6.18. The quantitative estimate of drug-likeness (QED) is 0.856. The molecule has 2 N–H and O–H groups in total. The SMILES string of the molecule is CCCC1CCC(N)C(c2c(C)cc(C)cc2F)C1. The maximum Gasteiger partial charge on any atom is 0.127 e. The highest BCUT2D eigenvalue weighted by Gasteiger charge is 2.31. The van der Waals surface area contributed by atoms with Crippen LogP contribution in [0, 0.1) is 25.6 Å². The Labute approximate surface area is 116 Å². The summed E-state index contributed by atoms with van der Waals surface area (Å²) in [5, 5.41) is 0. The number of halogens is 1. The Bertz CT molecular complexity index is 418. The molecule has 1 saturated carbocycles. The van der Waals surface area contributed by atoms with Crippen molar-refractivity contribution in [3.63, 3.8) is 0 Å². The molecule has 1 fully saturated rings. The molecule has 19 heavy (non-hydrogen) atoms. The van der Waals surface area contributed by atoms with Crippen LogP contribution in [0.3, 0.4) is 0 Å². The van der Waals surface area contributed by atoms with E-state index in [1.165, 1.54) is 19.3 Å². The Morgan fingerprint density at radius 2 is 2.00 bits per heavy atom. The number of benzene rings is 1. The molecule has 1 nitrogen and oxygen atoms in total. The largest absolute Gasteiger partial charge is 0.327 e. The Hall–Kier alpha value is -0.890. The van der Waals surface area contributed by atoms with Gasteiger partial charge in [-0.05, 0) is 61.8 Å². The van der Waals surface area contributed by atoms with E-state index in [1.54, 1.807) is 6.07 Å². The first-order valence-corrected chi connectivity index (χ1v) is 7.55. The highest BCUT2D eigenvalue weighted by Crippen LogP contribution is 2.39. The molecule has 0 amide bonds. The van der Waals surface area contributed by atoms with Crippen molar-refractivity contribution >= 4 is 0 Å². The van der Waals surface area contributed by atoms with E-state index in [0.29, 0.717) is 0 Å². The lowest BCUT2D eigenvalue weighted by molar-refractivity contribution is 0.270. The molecule has 0 aliphatic heterocycles. The van der Waals surface area contributed by atoms with E-state index >= 15 is 0 Å². The Balaban J connectivity index is 2.28. The number of rotatable bonds is 3. The van der Waals surface area contributed by atoms with Crippen LogP contribution in [0.4, 0.5) is 4.39 Å². The molecule has 0 radical (unpaired) electrons. The van der Waals surface area contributed by atoms with E-state index in [-0.39, 0.29) is 17.8 Å². The van der Waals surface area contributed by atoms with Crippen LogP contribution in [0.25, 0.3) is 0 Å². The van der Waals surface area contributed by atoms with Gasteiger partial charge in [0.2, 0.25) is 0 Å². The monoisotopic (exact) mass is 263 g/mol. The molecular weight excluding hydrogens is 237 g/mol. The molecule has 0 saturated heterocycles. The standard InChI is InChI=1S/C17H26FN/c1-4-5-13-6-7-16(19)14(10-13)17-12(3)8-11(2)9-15(17)18/h8-9,13-14,16H,4-7,10,19H2,1-3H3. The molecule has 0 aromatic heterocycles. The van der Waals surface area contributed by atoms with E-state index in [2.05, 4.69) is 13.0 Å². The molecule has 0 spiro atoms. The van der Waals surface area contributed by atoms with Gasteiger partial charge in [-0.25, -0.2) is 4.39 Å². The molecule has 1 aromatic rings. The summed E-state index contributed by atoms with van der Waals surface area (Å²) >= 11 is 0. The summed E-state index contributed by atoms with van der Waals surface area (Å²) in [4.78, 5) is 0. The minimum absolute atomic E-state index is 0.0601. The van der Waals surface area contributed by atoms with Crippen LogP contribution in [-0.2, 0) is 0 Å². The molecule has 1 aliphatic rings. The van der Waals surface area contributed by atoms with Crippen LogP contribution in [-0.4, -0.2) is 6.04 Å². The van der Waals surface area contributed by atoms with Crippen molar-refractivity contribution < 1.29 is 4.39 Å². The topological polar surface area (TPSA) is 26.0 Å². The third kappa shape index (κ3) is 3.17. The first-order valence-electron chi connectivity index (χ1n) is 7.55. The van der Waals surface area contributed by atoms with Gasteiger partial charge in [0.05, 0.1) is 0 Å². The van der Waals surface area contributed by atoms with Crippen molar-refractivity contribution in [2.75, 3.05) is 0 Å². The second-order valence-corrected chi connectivity index (χ2v) is 6.22. The number of aryl methyl sites for hydroxylation is 2. The van der Waals surface area contributed by atoms with Gasteiger partial charge in [-0.15, -0.1) is 0 Å². The average Bonchev–Trinajstić information content (AvgIpc) is 2.32. The van der Waals surface area contributed by atoms with Crippen LogP contribution in [0.5, 0.6) is 0 Å². The highest BCUT2D eigenvalue weighted by atomic mass is 19.1. The molecule has 106 valence electrons. The highest BCUT2D eigenvalue weighted by molar-refractivity contribution is 5.36. The maximum atomic E-state index is 14.3. The van der Waals surface area contributed by atoms with Crippen LogP contribution in [0.2, 0.25) is 0 Å². The molecule has 1 aromatic carbocycles. The third-order valence-electron chi connectivity index (χ3n) is 4.56. The zero-order chi connectivity index (χ0) is 14.0. The first-order chi connectivity index (χ1) is 9.02. The number of nitrogens with two attached hydrogens (primary N) is 1. The van der Waals surface area contributed by atoms with Gasteiger partial charge in [-0.1, -0.05) is 25.8 Å². The predicted octanol–water partition coefficient (Wildman–Crippen LogP) is 4.45. The number of hydrogen-bond acceptors (Lipinski definition) is 1. The first kappa shape index (κ1) is 14.5. The summed E-state index contributed by atoms with van der Waals surface area (Å²) in [7, 11) is 0. The Morgan fingerprint density at radius 1 is 1.26 bits per heavy atom. The van der Waals surface area contributed by atoms with E-state index in [1.807, 2.05) is 13.8 Å². The van der Waals surface area contributed by atoms with Crippen molar-refractivity contribution in [3.05, 3.63) is 34.6 Å². The molecule has 2 heteroatoms. The zero-order valence-electron chi connectivity index (χ0n) is 12.4. The average molecular weight is 263 g/mol. The van der Waals surface area contributed by atoms with Gasteiger partial charge in [0.15, 0.2) is 0 Å². The van der Waals surface area contributed by atoms with Gasteiger partial charge in [0.25, 0.3) is 0 Å². The van der Waals surface area contributed by atoms with Gasteiger partial charge in [-0.3, -0.25) is 0 Å². The van der Waals surface area contributed by atoms with Gasteiger partial charge in [0, 0.05) is 12.0 Å². The second-order valence-electron chi connectivity index (χ2n) is 6.22. The second kappa shape index (κ2) is 6.04. The van der Waals surface area contributed by atoms with E-state index in [0.717, 1.165) is 35.4 Å². The maximum absolute atomic E-state index is 14.3. The summed E-state index contributed by atoms with van der Waals surface area (Å²) in [6, 6.07) is 3.84. The molecular formula is C17H26FN. The van der Waals surface area contributed by atoms with Crippen LogP contribution in [0.1, 0.15) is 61.6 Å². The van der Waals surface area contributed by atoms with Crippen molar-refractivity contribution in [1.29, 1.82) is 0 Å². The van der Waals surface area contributed by atoms with Gasteiger partial charge in [0.1, 0.15) is 5.82 Å². The summed E-state index contributed by atoms with van der Waals surface area (Å²) in [5.74, 6) is 0.857. The predicted molar refractivity (Wildman–Crippen MR) is 78.8 cm³/mol. The fourth-order valence-corrected chi connectivity index (χ4v) is 3.68.